The molecule has 2 rings (SSSR count). The average molecular weight is 436 g/mol. The molecule has 0 atom stereocenters. The minimum atomic E-state index is -3.58. The van der Waals surface area contributed by atoms with Gasteiger partial charge in [-0.3, -0.25) is 4.79 Å². The number of hydrogen-bond donors (Lipinski definition) is 0. The molecule has 2 aromatic rings. The third-order valence-electron chi connectivity index (χ3n) is 4.39. The second-order valence-corrected chi connectivity index (χ2v) is 9.08. The van der Waals surface area contributed by atoms with Crippen LogP contribution in [-0.2, 0) is 16.7 Å². The number of amides is 1. The summed E-state index contributed by atoms with van der Waals surface area (Å²) >= 11 is 0. The number of carbonyl (C=O) groups is 1. The molecule has 2 aromatic carbocycles. The lowest BCUT2D eigenvalue weighted by atomic mass is 10.1. The largest absolute Gasteiger partial charge is 0.497 e. The highest BCUT2D eigenvalue weighted by Crippen LogP contribution is 2.27. The van der Waals surface area contributed by atoms with Gasteiger partial charge in [0.25, 0.3) is 5.91 Å². The highest BCUT2D eigenvalue weighted by atomic mass is 32.2. The molecule has 0 aromatic heterocycles. The van der Waals surface area contributed by atoms with E-state index in [9.17, 15) is 13.2 Å². The predicted molar refractivity (Wildman–Crippen MR) is 116 cm³/mol. The van der Waals surface area contributed by atoms with Gasteiger partial charge in [-0.05, 0) is 42.7 Å². The van der Waals surface area contributed by atoms with Gasteiger partial charge in [-0.15, -0.1) is 0 Å². The molecule has 0 aliphatic heterocycles. The Morgan fingerprint density at radius 1 is 1.00 bits per heavy atom. The van der Waals surface area contributed by atoms with Crippen LogP contribution in [0.15, 0.2) is 42.5 Å². The van der Waals surface area contributed by atoms with Gasteiger partial charge in [0.2, 0.25) is 0 Å². The minimum Gasteiger partial charge on any atom is -0.497 e. The first-order valence-corrected chi connectivity index (χ1v) is 11.3. The molecule has 0 heterocycles. The summed E-state index contributed by atoms with van der Waals surface area (Å²) in [6.07, 6.45) is 0. The second kappa shape index (κ2) is 10.3. The summed E-state index contributed by atoms with van der Waals surface area (Å²) in [6, 6.07) is 11.8. The maximum atomic E-state index is 13.3. The Morgan fingerprint density at radius 3 is 2.17 bits per heavy atom. The number of nitrogens with zero attached hydrogens (tertiary/aromatic N) is 1. The van der Waals surface area contributed by atoms with Crippen LogP contribution in [0.1, 0.15) is 36.7 Å². The summed E-state index contributed by atoms with van der Waals surface area (Å²) < 4.78 is 38.8. The molecular formula is C22H29NO6S. The quantitative estimate of drug-likeness (QED) is 0.529. The number of hydrogen-bond acceptors (Lipinski definition) is 6. The smallest absolute Gasteiger partial charge is 0.308 e. The van der Waals surface area contributed by atoms with Gasteiger partial charge in [0.05, 0.1) is 25.5 Å². The monoisotopic (exact) mass is 435 g/mol. The van der Waals surface area contributed by atoms with E-state index in [4.69, 9.17) is 13.7 Å². The second-order valence-electron chi connectivity index (χ2n) is 7.22. The normalized spacial score (nSPS) is 11.3. The van der Waals surface area contributed by atoms with Crippen molar-refractivity contribution in [2.75, 3.05) is 26.5 Å². The maximum Gasteiger partial charge on any atom is 0.308 e. The molecule has 0 saturated heterocycles. The molecule has 7 nitrogen and oxygen atoms in total. The third kappa shape index (κ3) is 6.38. The highest BCUT2D eigenvalue weighted by molar-refractivity contribution is 7.87. The van der Waals surface area contributed by atoms with Crippen molar-refractivity contribution in [3.8, 4) is 17.2 Å². The lowest BCUT2D eigenvalue weighted by Gasteiger charge is -2.26. The molecule has 164 valence electrons. The van der Waals surface area contributed by atoms with Gasteiger partial charge < -0.3 is 18.6 Å². The van der Waals surface area contributed by atoms with Gasteiger partial charge in [0.15, 0.2) is 0 Å². The standard InChI is InChI=1S/C22H29NO6S/c1-6-30(25,26)29-18-9-7-17(8-10-18)15-23(14-16(2)3)22(24)20-12-11-19(27-4)13-21(20)28-5/h7-13,16H,6,14-15H2,1-5H3. The Hall–Kier alpha value is -2.74. The molecule has 0 bridgehead atoms. The van der Waals surface area contributed by atoms with E-state index >= 15 is 0 Å². The number of methoxy groups -OCH3 is 2. The fraction of sp³-hybridized carbons (Fsp3) is 0.409. The van der Waals surface area contributed by atoms with E-state index in [0.717, 1.165) is 5.56 Å². The van der Waals surface area contributed by atoms with Gasteiger partial charge in [0, 0.05) is 19.2 Å². The van der Waals surface area contributed by atoms with E-state index < -0.39 is 10.1 Å². The summed E-state index contributed by atoms with van der Waals surface area (Å²) in [5.41, 5.74) is 1.31. The predicted octanol–water partition coefficient (Wildman–Crippen LogP) is 3.73. The topological polar surface area (TPSA) is 82.1 Å². The van der Waals surface area contributed by atoms with E-state index in [2.05, 4.69) is 0 Å². The number of benzene rings is 2. The Balaban J connectivity index is 2.25. The van der Waals surface area contributed by atoms with Gasteiger partial charge in [-0.1, -0.05) is 26.0 Å². The van der Waals surface area contributed by atoms with Crippen molar-refractivity contribution < 1.29 is 26.9 Å². The Morgan fingerprint density at radius 2 is 1.63 bits per heavy atom. The summed E-state index contributed by atoms with van der Waals surface area (Å²) in [5, 5.41) is 0. The molecule has 0 saturated carbocycles. The van der Waals surface area contributed by atoms with E-state index in [1.54, 1.807) is 54.5 Å². The fourth-order valence-electron chi connectivity index (χ4n) is 2.88. The van der Waals surface area contributed by atoms with Crippen LogP contribution in [-0.4, -0.2) is 45.7 Å². The lowest BCUT2D eigenvalue weighted by molar-refractivity contribution is 0.0719. The van der Waals surface area contributed by atoms with Gasteiger partial charge in [-0.25, -0.2) is 0 Å². The summed E-state index contributed by atoms with van der Waals surface area (Å²) in [4.78, 5) is 15.0. The molecule has 0 unspecified atom stereocenters. The van der Waals surface area contributed by atoms with E-state index in [-0.39, 0.29) is 23.3 Å². The molecular weight excluding hydrogens is 406 g/mol. The molecule has 0 spiro atoms. The van der Waals surface area contributed by atoms with Crippen molar-refractivity contribution >= 4 is 16.0 Å². The summed E-state index contributed by atoms with van der Waals surface area (Å²) in [5.74, 6) is 1.31. The van der Waals surface area contributed by atoms with Crippen molar-refractivity contribution in [3.63, 3.8) is 0 Å². The summed E-state index contributed by atoms with van der Waals surface area (Å²) in [6.45, 7) is 6.52. The Labute approximate surface area is 178 Å². The first kappa shape index (κ1) is 23.5. The van der Waals surface area contributed by atoms with E-state index in [1.165, 1.54) is 14.0 Å². The fourth-order valence-corrected chi connectivity index (χ4v) is 3.40. The molecule has 0 N–H and O–H groups in total. The average Bonchev–Trinajstić information content (AvgIpc) is 2.73. The molecule has 8 heteroatoms. The number of ether oxygens (including phenoxy) is 2. The zero-order valence-electron chi connectivity index (χ0n) is 18.0. The van der Waals surface area contributed by atoms with Crippen LogP contribution in [0.4, 0.5) is 0 Å². The Bertz CT molecular complexity index is 954. The van der Waals surface area contributed by atoms with Crippen LogP contribution in [0.2, 0.25) is 0 Å². The first-order valence-electron chi connectivity index (χ1n) is 9.71. The molecule has 0 aliphatic carbocycles. The third-order valence-corrected chi connectivity index (χ3v) is 5.54. The molecule has 1 amide bonds. The van der Waals surface area contributed by atoms with Crippen molar-refractivity contribution in [1.82, 2.24) is 4.90 Å². The van der Waals surface area contributed by atoms with Crippen molar-refractivity contribution in [2.24, 2.45) is 5.92 Å². The molecule has 30 heavy (non-hydrogen) atoms. The van der Waals surface area contributed by atoms with Crippen LogP contribution in [0, 0.1) is 5.92 Å². The van der Waals surface area contributed by atoms with Crippen LogP contribution >= 0.6 is 0 Å². The Kier molecular flexibility index (Phi) is 8.11. The van der Waals surface area contributed by atoms with Crippen molar-refractivity contribution in [1.29, 1.82) is 0 Å². The first-order chi connectivity index (χ1) is 14.2. The maximum absolute atomic E-state index is 13.3. The van der Waals surface area contributed by atoms with E-state index in [1.807, 2.05) is 13.8 Å². The van der Waals surface area contributed by atoms with Crippen LogP contribution in [0.5, 0.6) is 17.2 Å². The van der Waals surface area contributed by atoms with Crippen LogP contribution in [0.3, 0.4) is 0 Å². The molecule has 0 fully saturated rings. The highest BCUT2D eigenvalue weighted by Gasteiger charge is 2.21. The minimum absolute atomic E-state index is 0.102. The van der Waals surface area contributed by atoms with Gasteiger partial charge in [-0.2, -0.15) is 8.42 Å². The number of carbonyl (C=O) groups excluding carboxylic acids is 1. The van der Waals surface area contributed by atoms with Gasteiger partial charge >= 0.3 is 10.1 Å². The summed E-state index contributed by atoms with van der Waals surface area (Å²) in [7, 11) is -0.505. The molecule has 0 radical (unpaired) electrons. The van der Waals surface area contributed by atoms with Crippen LogP contribution in [0.25, 0.3) is 0 Å². The van der Waals surface area contributed by atoms with Crippen LogP contribution < -0.4 is 13.7 Å². The lowest BCUT2D eigenvalue weighted by Crippen LogP contribution is -2.34. The van der Waals surface area contributed by atoms with Gasteiger partial charge in [0.1, 0.15) is 17.2 Å². The van der Waals surface area contributed by atoms with Crippen molar-refractivity contribution in [3.05, 3.63) is 53.6 Å². The van der Waals surface area contributed by atoms with E-state index in [0.29, 0.717) is 30.2 Å². The zero-order chi connectivity index (χ0) is 22.3. The SMILES string of the molecule is CCS(=O)(=O)Oc1ccc(CN(CC(C)C)C(=O)c2ccc(OC)cc2OC)cc1. The van der Waals surface area contributed by atoms with Crippen molar-refractivity contribution in [2.45, 2.75) is 27.3 Å². The zero-order valence-corrected chi connectivity index (χ0v) is 18.9. The molecule has 0 aliphatic rings. The number of rotatable bonds is 10.